The number of aliphatic imine (C=N–C) groups is 1. The van der Waals surface area contributed by atoms with E-state index in [0.29, 0.717) is 0 Å². The van der Waals surface area contributed by atoms with Crippen molar-refractivity contribution in [1.29, 1.82) is 0 Å². The van der Waals surface area contributed by atoms with Crippen molar-refractivity contribution in [2.45, 2.75) is 50.2 Å². The molecule has 2 heterocycles. The molecule has 2 unspecified atom stereocenters. The Kier molecular flexibility index (Phi) is 5.18. The number of hydrogen-bond acceptors (Lipinski definition) is 3. The highest BCUT2D eigenvalue weighted by Gasteiger charge is 2.45. The van der Waals surface area contributed by atoms with Gasteiger partial charge in [-0.1, -0.05) is 24.3 Å². The number of hydrogen-bond donors (Lipinski definition) is 1. The zero-order chi connectivity index (χ0) is 18.0. The quantitative estimate of drug-likeness (QED) is 0.664. The van der Waals surface area contributed by atoms with Crippen molar-refractivity contribution in [2.24, 2.45) is 4.99 Å². The molecule has 26 heavy (non-hydrogen) atoms. The van der Waals surface area contributed by atoms with E-state index in [0.717, 1.165) is 51.6 Å². The van der Waals surface area contributed by atoms with Crippen molar-refractivity contribution in [1.82, 2.24) is 10.2 Å². The molecule has 1 N–H and O–H groups in total. The molecule has 2 atom stereocenters. The topological polar surface area (TPSA) is 46.1 Å². The van der Waals surface area contributed by atoms with E-state index in [2.05, 4.69) is 46.4 Å². The molecule has 0 spiro atoms. The molecule has 0 radical (unpaired) electrons. The maximum atomic E-state index is 5.98. The van der Waals surface area contributed by atoms with Crippen molar-refractivity contribution in [2.75, 3.05) is 39.9 Å². The van der Waals surface area contributed by atoms with Crippen LogP contribution < -0.4 is 5.32 Å². The molecule has 2 saturated heterocycles. The number of guanidine groups is 1. The summed E-state index contributed by atoms with van der Waals surface area (Å²) in [5.41, 5.74) is 3.16. The predicted octanol–water partition coefficient (Wildman–Crippen LogP) is 2.48. The molecular weight excluding hydrogens is 326 g/mol. The Bertz CT molecular complexity index is 650. The number of benzene rings is 1. The second kappa shape index (κ2) is 7.57. The Morgan fingerprint density at radius 1 is 1.23 bits per heavy atom. The minimum atomic E-state index is 0.163. The molecule has 4 rings (SSSR count). The molecule has 1 aliphatic carbocycles. The highest BCUT2D eigenvalue weighted by molar-refractivity contribution is 5.80. The molecule has 3 aliphatic rings. The average Bonchev–Trinajstić information content (AvgIpc) is 3.25. The smallest absolute Gasteiger partial charge is 0.193 e. The second-order valence-corrected chi connectivity index (χ2v) is 7.90. The first-order valence-corrected chi connectivity index (χ1v) is 9.97. The molecule has 5 nitrogen and oxygen atoms in total. The van der Waals surface area contributed by atoms with Gasteiger partial charge >= 0.3 is 0 Å². The largest absolute Gasteiger partial charge is 0.375 e. The van der Waals surface area contributed by atoms with Crippen LogP contribution in [0.1, 0.15) is 36.8 Å². The number of rotatable bonds is 4. The van der Waals surface area contributed by atoms with Crippen LogP contribution in [-0.2, 0) is 14.9 Å². The summed E-state index contributed by atoms with van der Waals surface area (Å²) in [6.45, 7) is 6.54. The summed E-state index contributed by atoms with van der Waals surface area (Å²) in [5.74, 6) is 0.996. The summed E-state index contributed by atoms with van der Waals surface area (Å²) in [7, 11) is 1.88. The third-order valence-electron chi connectivity index (χ3n) is 6.14. The van der Waals surface area contributed by atoms with Crippen LogP contribution in [0.15, 0.2) is 29.3 Å². The molecule has 1 saturated carbocycles. The van der Waals surface area contributed by atoms with Gasteiger partial charge in [-0.05, 0) is 43.7 Å². The summed E-state index contributed by atoms with van der Waals surface area (Å²) in [6, 6.07) is 8.79. The van der Waals surface area contributed by atoms with Crippen LogP contribution in [0.4, 0.5) is 0 Å². The average molecular weight is 357 g/mol. The molecule has 1 aromatic carbocycles. The van der Waals surface area contributed by atoms with Crippen molar-refractivity contribution < 1.29 is 9.47 Å². The van der Waals surface area contributed by atoms with E-state index in [-0.39, 0.29) is 17.6 Å². The Balaban J connectivity index is 1.38. The molecular formula is C21H31N3O2. The zero-order valence-corrected chi connectivity index (χ0v) is 16.0. The summed E-state index contributed by atoms with van der Waals surface area (Å²) in [5, 5.41) is 3.66. The van der Waals surface area contributed by atoms with E-state index >= 15 is 0 Å². The number of ether oxygens (including phenoxy) is 2. The lowest BCUT2D eigenvalue weighted by atomic mass is 9.92. The van der Waals surface area contributed by atoms with Crippen LogP contribution in [0.25, 0.3) is 0 Å². The predicted molar refractivity (Wildman–Crippen MR) is 104 cm³/mol. The van der Waals surface area contributed by atoms with E-state index in [1.165, 1.54) is 24.0 Å². The third-order valence-corrected chi connectivity index (χ3v) is 6.14. The Morgan fingerprint density at radius 2 is 2.04 bits per heavy atom. The number of aryl methyl sites for hydroxylation is 1. The van der Waals surface area contributed by atoms with Crippen LogP contribution in [-0.4, -0.2) is 63.0 Å². The molecule has 5 heteroatoms. The molecule has 0 aromatic heterocycles. The number of nitrogens with zero attached hydrogens (tertiary/aromatic N) is 2. The normalized spacial score (nSPS) is 28.2. The molecule has 2 aliphatic heterocycles. The molecule has 0 bridgehead atoms. The second-order valence-electron chi connectivity index (χ2n) is 7.90. The first-order valence-electron chi connectivity index (χ1n) is 9.97. The van der Waals surface area contributed by atoms with Crippen molar-refractivity contribution >= 4 is 5.96 Å². The first-order chi connectivity index (χ1) is 12.7. The minimum absolute atomic E-state index is 0.163. The van der Waals surface area contributed by atoms with Crippen LogP contribution in [0.3, 0.4) is 0 Å². The third kappa shape index (κ3) is 3.60. The zero-order valence-electron chi connectivity index (χ0n) is 16.0. The van der Waals surface area contributed by atoms with E-state index in [9.17, 15) is 0 Å². The van der Waals surface area contributed by atoms with Crippen LogP contribution >= 0.6 is 0 Å². The lowest BCUT2D eigenvalue weighted by Crippen LogP contribution is -2.54. The summed E-state index contributed by atoms with van der Waals surface area (Å²) >= 11 is 0. The molecule has 0 amide bonds. The lowest BCUT2D eigenvalue weighted by Gasteiger charge is -2.37. The van der Waals surface area contributed by atoms with E-state index in [4.69, 9.17) is 9.47 Å². The summed E-state index contributed by atoms with van der Waals surface area (Å²) in [6.07, 6.45) is 5.18. The summed E-state index contributed by atoms with van der Waals surface area (Å²) in [4.78, 5) is 6.89. The van der Waals surface area contributed by atoms with Crippen molar-refractivity contribution in [3.8, 4) is 0 Å². The Hall–Kier alpha value is -1.59. The maximum Gasteiger partial charge on any atom is 0.193 e. The van der Waals surface area contributed by atoms with Gasteiger partial charge in [0.25, 0.3) is 0 Å². The van der Waals surface area contributed by atoms with Gasteiger partial charge in [-0.2, -0.15) is 0 Å². The fourth-order valence-electron chi connectivity index (χ4n) is 4.43. The van der Waals surface area contributed by atoms with Crippen LogP contribution in [0, 0.1) is 6.92 Å². The summed E-state index contributed by atoms with van der Waals surface area (Å²) < 4.78 is 11.8. The van der Waals surface area contributed by atoms with Crippen LogP contribution in [0.2, 0.25) is 0 Å². The van der Waals surface area contributed by atoms with Gasteiger partial charge in [0.05, 0.1) is 12.7 Å². The van der Waals surface area contributed by atoms with Gasteiger partial charge < -0.3 is 19.7 Å². The molecule has 1 aromatic rings. The highest BCUT2D eigenvalue weighted by atomic mass is 16.5. The highest BCUT2D eigenvalue weighted by Crippen LogP contribution is 2.48. The van der Waals surface area contributed by atoms with E-state index in [1.807, 2.05) is 7.05 Å². The standard InChI is InChI=1S/C21H31N3O2/c1-16-6-3-4-7-17(16)21(9-10-21)15-23-20(22-2)24-11-13-26-19(14-24)18-8-5-12-25-18/h3-4,6-7,18-19H,5,8-15H2,1-2H3,(H,22,23). The van der Waals surface area contributed by atoms with Gasteiger partial charge in [0.2, 0.25) is 0 Å². The van der Waals surface area contributed by atoms with Gasteiger partial charge in [0, 0.05) is 38.7 Å². The van der Waals surface area contributed by atoms with E-state index < -0.39 is 0 Å². The van der Waals surface area contributed by atoms with Gasteiger partial charge in [-0.15, -0.1) is 0 Å². The SMILES string of the molecule is CN=C(NCC1(c2ccccc2C)CC1)N1CCOC(C2CCCO2)C1. The molecule has 142 valence electrons. The molecule has 3 fully saturated rings. The van der Waals surface area contributed by atoms with Gasteiger partial charge in [-0.3, -0.25) is 4.99 Å². The lowest BCUT2D eigenvalue weighted by molar-refractivity contribution is -0.0817. The van der Waals surface area contributed by atoms with Crippen molar-refractivity contribution in [3.63, 3.8) is 0 Å². The van der Waals surface area contributed by atoms with Crippen molar-refractivity contribution in [3.05, 3.63) is 35.4 Å². The number of nitrogens with one attached hydrogen (secondary N) is 1. The fraction of sp³-hybridized carbons (Fsp3) is 0.667. The van der Waals surface area contributed by atoms with E-state index in [1.54, 1.807) is 0 Å². The van der Waals surface area contributed by atoms with Gasteiger partial charge in [0.15, 0.2) is 5.96 Å². The Labute approximate surface area is 156 Å². The van der Waals surface area contributed by atoms with Gasteiger partial charge in [-0.25, -0.2) is 0 Å². The number of morpholine rings is 1. The first kappa shape index (κ1) is 17.8. The van der Waals surface area contributed by atoms with Gasteiger partial charge in [0.1, 0.15) is 6.10 Å². The van der Waals surface area contributed by atoms with Crippen LogP contribution in [0.5, 0.6) is 0 Å². The fourth-order valence-corrected chi connectivity index (χ4v) is 4.43. The minimum Gasteiger partial charge on any atom is -0.375 e. The Morgan fingerprint density at radius 3 is 2.73 bits per heavy atom. The maximum absolute atomic E-state index is 5.98. The monoisotopic (exact) mass is 357 g/mol.